The standard InChI is InChI=1S/C54H72N8O8/c1-11-62-46-18-17-36-28-41(46)42(49(62)40-14-12-21-56-45(40)31-69-10)29-54(5,6)32-70-53(68)43(55)15-13-22-57-50(65)44(26-35-24-38(36)27-39(63)25-35)58-51(66)48(33(2)3)60(9)52(67)37-20-23-61(30-37)47(64)19-16-34(4)59(7)8/h12,14,17-18,21,24-25,27-28,33-34,37,43-44,48,63H,11,13,15,20,22-23,26,29-32,55H2,1-10H3,(H,57,65)(H,58,66)/t34-,37+,43+,44+,48+/m1/s1. The molecule has 0 spiro atoms. The lowest BCUT2D eigenvalue weighted by molar-refractivity contribution is -0.148. The fourth-order valence-electron chi connectivity index (χ4n) is 9.53. The monoisotopic (exact) mass is 961 g/mol. The fraction of sp³-hybridized carbons (Fsp3) is 0.519. The molecule has 1 fully saturated rings. The molecular weight excluding hydrogens is 889 g/mol. The molecule has 5 atom stereocenters. The summed E-state index contributed by atoms with van der Waals surface area (Å²) in [6, 6.07) is 12.2. The second-order valence-electron chi connectivity index (χ2n) is 20.2. The van der Waals surface area contributed by atoms with E-state index in [0.717, 1.165) is 39.0 Å². The molecule has 376 valence electrons. The van der Waals surface area contributed by atoms with Crippen molar-refractivity contribution in [3.8, 4) is 40.0 Å². The Morgan fingerprint density at radius 3 is 2.53 bits per heavy atom. The van der Waals surface area contributed by atoms with Crippen molar-refractivity contribution in [2.45, 2.75) is 111 Å². The van der Waals surface area contributed by atoms with E-state index in [4.69, 9.17) is 20.2 Å². The molecule has 2 aliphatic rings. The highest BCUT2D eigenvalue weighted by Gasteiger charge is 2.39. The number of nitrogens with zero attached hydrogens (tertiary/aromatic N) is 5. The van der Waals surface area contributed by atoms with Crippen molar-refractivity contribution in [2.75, 3.05) is 54.5 Å². The number of cyclic esters (lactones) is 1. The Labute approximate surface area is 412 Å². The van der Waals surface area contributed by atoms with Gasteiger partial charge < -0.3 is 45.3 Å². The molecule has 16 heteroatoms. The quantitative estimate of drug-likeness (QED) is 0.124. The first-order chi connectivity index (χ1) is 33.2. The van der Waals surface area contributed by atoms with E-state index in [1.165, 1.54) is 4.90 Å². The van der Waals surface area contributed by atoms with Crippen molar-refractivity contribution in [3.63, 3.8) is 0 Å². The molecule has 1 saturated heterocycles. The lowest BCUT2D eigenvalue weighted by Crippen LogP contribution is -2.57. The van der Waals surface area contributed by atoms with Gasteiger partial charge in [0.05, 0.1) is 36.6 Å². The summed E-state index contributed by atoms with van der Waals surface area (Å²) in [7, 11) is 6.98. The minimum atomic E-state index is -1.13. The highest BCUT2D eigenvalue weighted by Crippen LogP contribution is 2.41. The smallest absolute Gasteiger partial charge is 0.322 e. The average molecular weight is 961 g/mol. The van der Waals surface area contributed by atoms with Gasteiger partial charge in [-0.3, -0.25) is 33.9 Å². The number of likely N-dealkylation sites (N-methyl/N-ethyl adjacent to an activating group) is 1. The number of hydrogen-bond acceptors (Lipinski definition) is 11. The number of ether oxygens (including phenoxy) is 2. The largest absolute Gasteiger partial charge is 0.508 e. The van der Waals surface area contributed by atoms with Gasteiger partial charge in [0.25, 0.3) is 5.91 Å². The third-order valence-corrected chi connectivity index (χ3v) is 13.5. The number of esters is 1. The van der Waals surface area contributed by atoms with E-state index >= 15 is 0 Å². The van der Waals surface area contributed by atoms with Crippen LogP contribution < -0.4 is 16.4 Å². The maximum absolute atomic E-state index is 14.5. The Morgan fingerprint density at radius 1 is 1.07 bits per heavy atom. The molecule has 0 saturated carbocycles. The van der Waals surface area contributed by atoms with Gasteiger partial charge in [-0.15, -0.1) is 0 Å². The number of fused-ring (bicyclic) bond motifs is 4. The minimum Gasteiger partial charge on any atom is -0.508 e. The first kappa shape index (κ1) is 53.1. The third-order valence-electron chi connectivity index (χ3n) is 13.5. The average Bonchev–Trinajstić information content (AvgIpc) is 3.93. The number of carbonyl (C=O) groups is 5. The van der Waals surface area contributed by atoms with E-state index in [1.54, 1.807) is 37.4 Å². The van der Waals surface area contributed by atoms with Crippen LogP contribution in [-0.2, 0) is 59.4 Å². The highest BCUT2D eigenvalue weighted by atomic mass is 16.5. The first-order valence-corrected chi connectivity index (χ1v) is 24.4. The van der Waals surface area contributed by atoms with E-state index in [1.807, 2.05) is 64.0 Å². The maximum atomic E-state index is 14.5. The summed E-state index contributed by atoms with van der Waals surface area (Å²) in [5.74, 6) is 2.57. The predicted molar refractivity (Wildman–Crippen MR) is 270 cm³/mol. The van der Waals surface area contributed by atoms with Crippen molar-refractivity contribution in [1.29, 1.82) is 0 Å². The molecule has 0 radical (unpaired) electrons. The van der Waals surface area contributed by atoms with Crippen LogP contribution in [0.3, 0.4) is 0 Å². The topological polar surface area (TPSA) is 202 Å². The zero-order valence-electron chi connectivity index (χ0n) is 42.6. The molecule has 16 nitrogen and oxygen atoms in total. The number of nitrogens with two attached hydrogens (primary N) is 1. The van der Waals surface area contributed by atoms with E-state index in [9.17, 15) is 29.1 Å². The molecule has 4 heterocycles. The number of phenols is 1. The Bertz CT molecular complexity index is 2630. The second kappa shape index (κ2) is 23.1. The fourth-order valence-corrected chi connectivity index (χ4v) is 9.53. The van der Waals surface area contributed by atoms with Gasteiger partial charge in [0.1, 0.15) is 23.9 Å². The number of amides is 4. The van der Waals surface area contributed by atoms with Crippen LogP contribution >= 0.6 is 0 Å². The number of rotatable bonds is 10. The number of nitrogens with one attached hydrogen (secondary N) is 2. The molecule has 0 aliphatic carbocycles. The van der Waals surface area contributed by atoms with Gasteiger partial charge in [0.2, 0.25) is 17.7 Å². The predicted octanol–water partition coefficient (Wildman–Crippen LogP) is 4.90. The van der Waals surface area contributed by atoms with Crippen molar-refractivity contribution in [3.05, 3.63) is 71.5 Å². The van der Waals surface area contributed by atoms with Crippen molar-refractivity contribution in [2.24, 2.45) is 23.0 Å². The molecule has 2 aromatic carbocycles. The molecule has 2 aromatic heterocycles. The molecule has 5 N–H and O–H groups in total. The van der Waals surface area contributed by atoms with E-state index in [-0.39, 0.29) is 62.1 Å². The van der Waals surface area contributed by atoms with Gasteiger partial charge in [-0.2, -0.15) is 0 Å². The lowest BCUT2D eigenvalue weighted by Gasteiger charge is -2.33. The van der Waals surface area contributed by atoms with Gasteiger partial charge in [-0.05, 0) is 124 Å². The third kappa shape index (κ3) is 12.5. The van der Waals surface area contributed by atoms with Crippen LogP contribution in [0.4, 0.5) is 0 Å². The number of aromatic nitrogens is 2. The zero-order valence-corrected chi connectivity index (χ0v) is 42.6. The first-order valence-electron chi connectivity index (χ1n) is 24.4. The van der Waals surface area contributed by atoms with Crippen LogP contribution in [0.5, 0.6) is 5.75 Å². The van der Waals surface area contributed by atoms with E-state index < -0.39 is 47.2 Å². The maximum Gasteiger partial charge on any atom is 0.322 e. The van der Waals surface area contributed by atoms with E-state index in [2.05, 4.69) is 59.9 Å². The summed E-state index contributed by atoms with van der Waals surface area (Å²) in [6.45, 7) is 13.5. The Balaban J connectivity index is 1.36. The lowest BCUT2D eigenvalue weighted by atomic mass is 9.84. The number of phenolic OH excluding ortho intramolecular Hbond substituents is 1. The molecule has 2 aliphatic heterocycles. The van der Waals surface area contributed by atoms with Crippen LogP contribution in [0.1, 0.15) is 77.6 Å². The Kier molecular flexibility index (Phi) is 17.5. The Hall–Kier alpha value is -6.28. The van der Waals surface area contributed by atoms with Gasteiger partial charge >= 0.3 is 5.97 Å². The molecule has 4 bridgehead atoms. The van der Waals surface area contributed by atoms with Crippen molar-refractivity contribution < 1.29 is 38.6 Å². The number of aryl methyl sites for hydroxylation is 1. The number of benzene rings is 2. The number of hydrogen-bond donors (Lipinski definition) is 4. The number of pyridine rings is 1. The summed E-state index contributed by atoms with van der Waals surface area (Å²) in [5, 5.41) is 18.2. The molecule has 4 aromatic rings. The molecular formula is C54H72N8O8. The van der Waals surface area contributed by atoms with Crippen LogP contribution in [0, 0.1) is 29.1 Å². The van der Waals surface area contributed by atoms with Gasteiger partial charge in [0.15, 0.2) is 0 Å². The van der Waals surface area contributed by atoms with Crippen LogP contribution in [0.2, 0.25) is 0 Å². The molecule has 6 rings (SSSR count). The molecule has 70 heavy (non-hydrogen) atoms. The van der Waals surface area contributed by atoms with Crippen LogP contribution in [0.15, 0.2) is 54.7 Å². The van der Waals surface area contributed by atoms with Gasteiger partial charge in [-0.1, -0.05) is 45.7 Å². The summed E-state index contributed by atoms with van der Waals surface area (Å²) >= 11 is 0. The van der Waals surface area contributed by atoms with Crippen molar-refractivity contribution >= 4 is 40.5 Å². The minimum absolute atomic E-state index is 0.00177. The number of likely N-dealkylation sites (tertiary alicyclic amines) is 1. The number of carbonyl (C=O) groups excluding carboxylic acids is 5. The number of methoxy groups -OCH3 is 1. The number of aromatic hydroxyl groups is 1. The molecule has 4 amide bonds. The van der Waals surface area contributed by atoms with Crippen molar-refractivity contribution in [1.82, 2.24) is 34.9 Å². The summed E-state index contributed by atoms with van der Waals surface area (Å²) in [4.78, 5) is 78.6. The van der Waals surface area contributed by atoms with Gasteiger partial charge in [0, 0.05) is 74.8 Å². The summed E-state index contributed by atoms with van der Waals surface area (Å²) < 4.78 is 13.8. The Morgan fingerprint density at radius 2 is 1.83 bits per heavy atom. The molecule has 0 unspecified atom stereocenters. The van der Waals surface area contributed by atoms with Gasteiger partial charge in [-0.25, -0.2) is 0 Å². The second-order valence-corrected chi connectivity index (χ2v) is 20.2. The SMILES string of the molecule is CCn1c(-c2cccnc2COC)c2c3cc(ccc31)-c1cc(O)cc(c1)C[C@H](NC(=O)[C@H](C(C)C)N(C)C(=O)[C@H]1CCN(C(=O)C#C[C@@H](C)N(C)C)C1)C(=O)NCCC[C@H](N)C(=O)OCC(C)(C)C2. The summed E-state index contributed by atoms with van der Waals surface area (Å²) in [5.41, 5.74) is 12.7. The van der Waals surface area contributed by atoms with Crippen LogP contribution in [0.25, 0.3) is 33.3 Å². The highest BCUT2D eigenvalue weighted by molar-refractivity contribution is 5.97. The summed E-state index contributed by atoms with van der Waals surface area (Å²) in [6.07, 6.45) is 3.30. The zero-order chi connectivity index (χ0) is 51.0. The van der Waals surface area contributed by atoms with E-state index in [0.29, 0.717) is 50.1 Å². The normalized spacial score (nSPS) is 19.8. The van der Waals surface area contributed by atoms with Crippen LogP contribution in [-0.4, -0.2) is 138 Å².